The molecule has 1 unspecified atom stereocenters. The summed E-state index contributed by atoms with van der Waals surface area (Å²) >= 11 is 0. The van der Waals surface area contributed by atoms with E-state index < -0.39 is 0 Å². The lowest BCUT2D eigenvalue weighted by atomic mass is 9.96. The Labute approximate surface area is 95.6 Å². The fourth-order valence-corrected chi connectivity index (χ4v) is 2.24. The Kier molecular flexibility index (Phi) is 6.31. The van der Waals surface area contributed by atoms with Crippen LogP contribution in [0.5, 0.6) is 0 Å². The molecule has 1 saturated heterocycles. The summed E-state index contributed by atoms with van der Waals surface area (Å²) in [5.41, 5.74) is 0.348. The maximum absolute atomic E-state index is 5.63. The molecule has 0 bridgehead atoms. The Balaban J connectivity index is 1.90. The lowest BCUT2D eigenvalue weighted by Gasteiger charge is -2.10. The third-order valence-electron chi connectivity index (χ3n) is 3.52. The van der Waals surface area contributed by atoms with E-state index in [2.05, 4.69) is 13.8 Å². The van der Waals surface area contributed by atoms with E-state index in [1.165, 1.54) is 64.2 Å². The Morgan fingerprint density at radius 1 is 0.800 bits per heavy atom. The molecule has 1 fully saturated rings. The van der Waals surface area contributed by atoms with E-state index in [1.54, 1.807) is 0 Å². The standard InChI is InChI=1S/C14H28O/c1-3-5-7-8-9-10-12-14(13-15-14)11-6-4-2/h3-13H2,1-2H3. The van der Waals surface area contributed by atoms with Crippen LogP contribution in [0.4, 0.5) is 0 Å². The summed E-state index contributed by atoms with van der Waals surface area (Å²) < 4.78 is 5.63. The monoisotopic (exact) mass is 212 g/mol. The van der Waals surface area contributed by atoms with Crippen LogP contribution in [0.25, 0.3) is 0 Å². The van der Waals surface area contributed by atoms with Gasteiger partial charge in [0.2, 0.25) is 0 Å². The molecule has 0 radical (unpaired) electrons. The molecule has 1 nitrogen and oxygen atoms in total. The highest BCUT2D eigenvalue weighted by atomic mass is 16.6. The first-order valence-electron chi connectivity index (χ1n) is 6.97. The summed E-state index contributed by atoms with van der Waals surface area (Å²) in [4.78, 5) is 0. The third-order valence-corrected chi connectivity index (χ3v) is 3.52. The lowest BCUT2D eigenvalue weighted by molar-refractivity contribution is 0.262. The van der Waals surface area contributed by atoms with Gasteiger partial charge < -0.3 is 4.74 Å². The van der Waals surface area contributed by atoms with Crippen molar-refractivity contribution in [1.29, 1.82) is 0 Å². The minimum Gasteiger partial charge on any atom is -0.370 e. The van der Waals surface area contributed by atoms with Gasteiger partial charge in [0, 0.05) is 0 Å². The van der Waals surface area contributed by atoms with Crippen LogP contribution in [0, 0.1) is 0 Å². The van der Waals surface area contributed by atoms with Gasteiger partial charge in [-0.1, -0.05) is 65.2 Å². The van der Waals surface area contributed by atoms with Crippen LogP contribution in [0.1, 0.15) is 78.1 Å². The predicted octanol–water partition coefficient (Wildman–Crippen LogP) is 4.70. The first-order chi connectivity index (χ1) is 7.33. The molecule has 15 heavy (non-hydrogen) atoms. The zero-order chi connectivity index (χ0) is 11.0. The molecule has 0 spiro atoms. The molecular weight excluding hydrogens is 184 g/mol. The van der Waals surface area contributed by atoms with Crippen molar-refractivity contribution >= 4 is 0 Å². The first-order valence-corrected chi connectivity index (χ1v) is 6.97. The number of hydrogen-bond donors (Lipinski definition) is 0. The fourth-order valence-electron chi connectivity index (χ4n) is 2.24. The van der Waals surface area contributed by atoms with Crippen LogP contribution >= 0.6 is 0 Å². The normalized spacial score (nSPS) is 24.4. The highest BCUT2D eigenvalue weighted by Gasteiger charge is 2.42. The topological polar surface area (TPSA) is 12.5 Å². The van der Waals surface area contributed by atoms with Gasteiger partial charge in [0.15, 0.2) is 0 Å². The molecule has 0 aromatic rings. The number of rotatable bonds is 10. The smallest absolute Gasteiger partial charge is 0.0916 e. The predicted molar refractivity (Wildman–Crippen MR) is 66.2 cm³/mol. The van der Waals surface area contributed by atoms with E-state index in [0.29, 0.717) is 5.60 Å². The van der Waals surface area contributed by atoms with Crippen molar-refractivity contribution in [3.63, 3.8) is 0 Å². The van der Waals surface area contributed by atoms with Gasteiger partial charge in [-0.05, 0) is 12.8 Å². The van der Waals surface area contributed by atoms with Crippen LogP contribution in [0.15, 0.2) is 0 Å². The van der Waals surface area contributed by atoms with Gasteiger partial charge in [-0.2, -0.15) is 0 Å². The van der Waals surface area contributed by atoms with Gasteiger partial charge in [0.05, 0.1) is 12.2 Å². The van der Waals surface area contributed by atoms with E-state index in [1.807, 2.05) is 0 Å². The number of ether oxygens (including phenoxy) is 1. The number of epoxide rings is 1. The highest BCUT2D eigenvalue weighted by Crippen LogP contribution is 2.37. The molecule has 1 aliphatic heterocycles. The number of unbranched alkanes of at least 4 members (excludes halogenated alkanes) is 6. The molecule has 0 N–H and O–H groups in total. The van der Waals surface area contributed by atoms with Crippen molar-refractivity contribution < 1.29 is 4.74 Å². The molecule has 1 rings (SSSR count). The quantitative estimate of drug-likeness (QED) is 0.378. The van der Waals surface area contributed by atoms with Crippen molar-refractivity contribution in [2.45, 2.75) is 83.7 Å². The fraction of sp³-hybridized carbons (Fsp3) is 1.00. The first kappa shape index (κ1) is 13.0. The highest BCUT2D eigenvalue weighted by molar-refractivity contribution is 4.91. The van der Waals surface area contributed by atoms with Gasteiger partial charge in [-0.25, -0.2) is 0 Å². The van der Waals surface area contributed by atoms with E-state index in [4.69, 9.17) is 4.74 Å². The summed E-state index contributed by atoms with van der Waals surface area (Å²) in [6, 6.07) is 0. The molecule has 0 aromatic carbocycles. The molecule has 0 aliphatic carbocycles. The zero-order valence-electron chi connectivity index (χ0n) is 10.7. The summed E-state index contributed by atoms with van der Waals surface area (Å²) in [5, 5.41) is 0. The maximum atomic E-state index is 5.63. The average Bonchev–Trinajstić information content (AvgIpc) is 3.01. The second-order valence-electron chi connectivity index (χ2n) is 5.09. The lowest BCUT2D eigenvalue weighted by Crippen LogP contribution is -2.10. The summed E-state index contributed by atoms with van der Waals surface area (Å²) in [6.45, 7) is 5.58. The van der Waals surface area contributed by atoms with Crippen molar-refractivity contribution in [1.82, 2.24) is 0 Å². The average molecular weight is 212 g/mol. The Morgan fingerprint density at radius 2 is 1.33 bits per heavy atom. The molecule has 1 aliphatic rings. The molecule has 0 aromatic heterocycles. The molecular formula is C14H28O. The van der Waals surface area contributed by atoms with Gasteiger partial charge >= 0.3 is 0 Å². The van der Waals surface area contributed by atoms with Crippen molar-refractivity contribution in [3.05, 3.63) is 0 Å². The third kappa shape index (κ3) is 5.55. The minimum absolute atomic E-state index is 0.348. The molecule has 90 valence electrons. The van der Waals surface area contributed by atoms with Crippen LogP contribution in [-0.4, -0.2) is 12.2 Å². The molecule has 1 heteroatoms. The molecule has 1 atom stereocenters. The van der Waals surface area contributed by atoms with Gasteiger partial charge in [-0.3, -0.25) is 0 Å². The Morgan fingerprint density at radius 3 is 1.93 bits per heavy atom. The second kappa shape index (κ2) is 7.27. The largest absolute Gasteiger partial charge is 0.370 e. The van der Waals surface area contributed by atoms with Crippen LogP contribution in [0.2, 0.25) is 0 Å². The van der Waals surface area contributed by atoms with E-state index in [9.17, 15) is 0 Å². The minimum atomic E-state index is 0.348. The van der Waals surface area contributed by atoms with Crippen molar-refractivity contribution in [2.75, 3.05) is 6.61 Å². The van der Waals surface area contributed by atoms with Crippen LogP contribution < -0.4 is 0 Å². The second-order valence-corrected chi connectivity index (χ2v) is 5.09. The van der Waals surface area contributed by atoms with E-state index in [-0.39, 0.29) is 0 Å². The van der Waals surface area contributed by atoms with Crippen molar-refractivity contribution in [3.8, 4) is 0 Å². The molecule has 0 saturated carbocycles. The Bertz CT molecular complexity index is 149. The number of hydrogen-bond acceptors (Lipinski definition) is 1. The summed E-state index contributed by atoms with van der Waals surface area (Å²) in [6.07, 6.45) is 13.7. The van der Waals surface area contributed by atoms with Gasteiger partial charge in [-0.15, -0.1) is 0 Å². The van der Waals surface area contributed by atoms with Crippen LogP contribution in [0.3, 0.4) is 0 Å². The molecule has 0 amide bonds. The van der Waals surface area contributed by atoms with E-state index in [0.717, 1.165) is 6.61 Å². The van der Waals surface area contributed by atoms with Crippen LogP contribution in [-0.2, 0) is 4.74 Å². The van der Waals surface area contributed by atoms with Gasteiger partial charge in [0.25, 0.3) is 0 Å². The van der Waals surface area contributed by atoms with E-state index >= 15 is 0 Å². The molecule has 1 heterocycles. The SMILES string of the molecule is CCCCCCCCC1(CCCC)CO1. The summed E-state index contributed by atoms with van der Waals surface area (Å²) in [7, 11) is 0. The van der Waals surface area contributed by atoms with Crippen molar-refractivity contribution in [2.24, 2.45) is 0 Å². The summed E-state index contributed by atoms with van der Waals surface area (Å²) in [5.74, 6) is 0. The van der Waals surface area contributed by atoms with Gasteiger partial charge in [0.1, 0.15) is 0 Å². The maximum Gasteiger partial charge on any atom is 0.0916 e. The zero-order valence-corrected chi connectivity index (χ0v) is 10.7. The Hall–Kier alpha value is -0.0400.